The highest BCUT2D eigenvalue weighted by atomic mass is 16.8. The van der Waals surface area contributed by atoms with Gasteiger partial charge in [-0.2, -0.15) is 0 Å². The summed E-state index contributed by atoms with van der Waals surface area (Å²) in [5.74, 6) is -0.883. The number of carbonyl (C=O) groups excluding carboxylic acids is 1. The van der Waals surface area contributed by atoms with Gasteiger partial charge in [0.2, 0.25) is 0 Å². The first kappa shape index (κ1) is 16.0. The van der Waals surface area contributed by atoms with Crippen molar-refractivity contribution in [1.82, 2.24) is 0 Å². The standard InChI is InChI=1S/C18H22O6/c1-17(2)22-13-14(23-17)18(24-16(13)20-3)9-12(18)10-21-15(19)11-7-5-4-6-8-11/h4-8,12-14,16H,9-10H2,1-3H3/t12-,13?,14?,16-,18-/m1/s1. The average Bonchev–Trinajstić information content (AvgIpc) is 3.07. The third-order valence-corrected chi connectivity index (χ3v) is 4.97. The maximum Gasteiger partial charge on any atom is 0.338 e. The Balaban J connectivity index is 1.41. The monoisotopic (exact) mass is 334 g/mol. The second-order valence-electron chi connectivity index (χ2n) is 7.06. The number of hydrogen-bond acceptors (Lipinski definition) is 6. The number of benzene rings is 1. The van der Waals surface area contributed by atoms with Crippen molar-refractivity contribution in [3.63, 3.8) is 0 Å². The topological polar surface area (TPSA) is 63.2 Å². The minimum absolute atomic E-state index is 0.0929. The van der Waals surface area contributed by atoms with Gasteiger partial charge < -0.3 is 23.7 Å². The minimum atomic E-state index is -0.656. The fourth-order valence-electron chi connectivity index (χ4n) is 3.75. The molecule has 3 aliphatic rings. The Kier molecular flexibility index (Phi) is 3.69. The van der Waals surface area contributed by atoms with Crippen molar-refractivity contribution in [2.45, 2.75) is 50.2 Å². The number of rotatable bonds is 4. The molecule has 0 radical (unpaired) electrons. The van der Waals surface area contributed by atoms with Crippen molar-refractivity contribution in [3.8, 4) is 0 Å². The molecular formula is C18H22O6. The quantitative estimate of drug-likeness (QED) is 0.786. The Labute approximate surface area is 141 Å². The predicted molar refractivity (Wildman–Crippen MR) is 83.3 cm³/mol. The molecule has 2 aliphatic heterocycles. The van der Waals surface area contributed by atoms with E-state index in [0.29, 0.717) is 12.2 Å². The maximum absolute atomic E-state index is 12.1. The second-order valence-corrected chi connectivity index (χ2v) is 7.06. The summed E-state index contributed by atoms with van der Waals surface area (Å²) in [6.07, 6.45) is -0.125. The van der Waals surface area contributed by atoms with Crippen molar-refractivity contribution >= 4 is 5.97 Å². The first-order valence-electron chi connectivity index (χ1n) is 8.24. The number of hydrogen-bond donors (Lipinski definition) is 0. The number of esters is 1. The van der Waals surface area contributed by atoms with Gasteiger partial charge in [-0.25, -0.2) is 4.79 Å². The molecule has 1 aliphatic carbocycles. The highest BCUT2D eigenvalue weighted by molar-refractivity contribution is 5.89. The van der Waals surface area contributed by atoms with Crippen LogP contribution < -0.4 is 0 Å². The van der Waals surface area contributed by atoms with E-state index in [1.165, 1.54) is 0 Å². The Hall–Kier alpha value is -1.47. The zero-order valence-electron chi connectivity index (χ0n) is 14.1. The molecule has 24 heavy (non-hydrogen) atoms. The van der Waals surface area contributed by atoms with Gasteiger partial charge in [0.25, 0.3) is 0 Å². The number of fused-ring (bicyclic) bond motifs is 2. The van der Waals surface area contributed by atoms with E-state index in [9.17, 15) is 4.79 Å². The van der Waals surface area contributed by atoms with Crippen molar-refractivity contribution in [2.24, 2.45) is 5.92 Å². The zero-order chi connectivity index (χ0) is 16.9. The fourth-order valence-corrected chi connectivity index (χ4v) is 3.75. The first-order chi connectivity index (χ1) is 11.5. The number of carbonyl (C=O) groups is 1. The summed E-state index contributed by atoms with van der Waals surface area (Å²) in [6.45, 7) is 4.08. The normalized spacial score (nSPS) is 39.0. The van der Waals surface area contributed by atoms with Gasteiger partial charge in [-0.15, -0.1) is 0 Å². The van der Waals surface area contributed by atoms with Gasteiger partial charge in [-0.3, -0.25) is 0 Å². The van der Waals surface area contributed by atoms with Gasteiger partial charge >= 0.3 is 5.97 Å². The molecule has 0 amide bonds. The van der Waals surface area contributed by atoms with E-state index in [1.54, 1.807) is 19.2 Å². The van der Waals surface area contributed by atoms with Crippen LogP contribution >= 0.6 is 0 Å². The van der Waals surface area contributed by atoms with Crippen LogP contribution in [-0.4, -0.2) is 49.6 Å². The first-order valence-corrected chi connectivity index (χ1v) is 8.24. The molecule has 1 aromatic rings. The summed E-state index contributed by atoms with van der Waals surface area (Å²) in [6, 6.07) is 8.97. The van der Waals surface area contributed by atoms with Crippen LogP contribution in [-0.2, 0) is 23.7 Å². The molecule has 3 fully saturated rings. The molecule has 2 heterocycles. The molecule has 1 spiro atoms. The smallest absolute Gasteiger partial charge is 0.338 e. The lowest BCUT2D eigenvalue weighted by atomic mass is 10.1. The lowest BCUT2D eigenvalue weighted by molar-refractivity contribution is -0.235. The van der Waals surface area contributed by atoms with E-state index in [2.05, 4.69) is 0 Å². The van der Waals surface area contributed by atoms with E-state index in [-0.39, 0.29) is 24.1 Å². The molecule has 1 saturated carbocycles. The van der Waals surface area contributed by atoms with Gasteiger partial charge in [0, 0.05) is 13.0 Å². The van der Waals surface area contributed by atoms with Crippen molar-refractivity contribution < 1.29 is 28.5 Å². The highest BCUT2D eigenvalue weighted by Crippen LogP contribution is 2.60. The van der Waals surface area contributed by atoms with Crippen LogP contribution in [0.15, 0.2) is 30.3 Å². The Bertz CT molecular complexity index is 630. The number of methoxy groups -OCH3 is 1. The third-order valence-electron chi connectivity index (χ3n) is 4.97. The van der Waals surface area contributed by atoms with Crippen LogP contribution in [0, 0.1) is 5.92 Å². The molecule has 2 unspecified atom stereocenters. The van der Waals surface area contributed by atoms with Crippen molar-refractivity contribution in [1.29, 1.82) is 0 Å². The molecule has 5 atom stereocenters. The van der Waals surface area contributed by atoms with E-state index < -0.39 is 17.7 Å². The van der Waals surface area contributed by atoms with E-state index in [0.717, 1.165) is 6.42 Å². The molecule has 0 bridgehead atoms. The largest absolute Gasteiger partial charge is 0.462 e. The molecule has 2 saturated heterocycles. The fraction of sp³-hybridized carbons (Fsp3) is 0.611. The van der Waals surface area contributed by atoms with Crippen LogP contribution in [0.5, 0.6) is 0 Å². The summed E-state index contributed by atoms with van der Waals surface area (Å²) in [4.78, 5) is 12.1. The van der Waals surface area contributed by atoms with Gasteiger partial charge in [0.15, 0.2) is 12.1 Å². The Morgan fingerprint density at radius 2 is 1.96 bits per heavy atom. The van der Waals surface area contributed by atoms with Gasteiger partial charge in [0.05, 0.1) is 12.2 Å². The molecule has 4 rings (SSSR count). The molecule has 6 nitrogen and oxygen atoms in total. The summed E-state index contributed by atoms with van der Waals surface area (Å²) in [5.41, 5.74) is 0.0737. The minimum Gasteiger partial charge on any atom is -0.462 e. The van der Waals surface area contributed by atoms with Crippen LogP contribution in [0.1, 0.15) is 30.6 Å². The van der Waals surface area contributed by atoms with Gasteiger partial charge in [-0.05, 0) is 32.4 Å². The predicted octanol–water partition coefficient (Wildman–Crippen LogP) is 2.12. The van der Waals surface area contributed by atoms with Gasteiger partial charge in [-0.1, -0.05) is 18.2 Å². The average molecular weight is 334 g/mol. The van der Waals surface area contributed by atoms with Gasteiger partial charge in [0.1, 0.15) is 17.8 Å². The number of ether oxygens (including phenoxy) is 5. The maximum atomic E-state index is 12.1. The molecule has 0 N–H and O–H groups in total. The lowest BCUT2D eigenvalue weighted by Gasteiger charge is -2.24. The van der Waals surface area contributed by atoms with Crippen LogP contribution in [0.4, 0.5) is 0 Å². The molecule has 0 aromatic heterocycles. The summed E-state index contributed by atoms with van der Waals surface area (Å²) in [5, 5.41) is 0. The third kappa shape index (κ3) is 2.54. The summed E-state index contributed by atoms with van der Waals surface area (Å²) < 4.78 is 28.9. The van der Waals surface area contributed by atoms with Crippen LogP contribution in [0.2, 0.25) is 0 Å². The second kappa shape index (κ2) is 5.52. The highest BCUT2D eigenvalue weighted by Gasteiger charge is 2.73. The molecule has 130 valence electrons. The van der Waals surface area contributed by atoms with Crippen LogP contribution in [0.3, 0.4) is 0 Å². The summed E-state index contributed by atoms with van der Waals surface area (Å²) in [7, 11) is 1.60. The molecular weight excluding hydrogens is 312 g/mol. The zero-order valence-corrected chi connectivity index (χ0v) is 14.1. The van der Waals surface area contributed by atoms with Crippen molar-refractivity contribution in [3.05, 3.63) is 35.9 Å². The lowest BCUT2D eigenvalue weighted by Crippen LogP contribution is -2.33. The molecule has 6 heteroatoms. The SMILES string of the molecule is CO[C@@H]1O[C@@]2(C[C@@H]2COC(=O)c2ccccc2)C2OC(C)(C)OC21. The van der Waals surface area contributed by atoms with E-state index in [4.69, 9.17) is 23.7 Å². The van der Waals surface area contributed by atoms with Crippen LogP contribution in [0.25, 0.3) is 0 Å². The Morgan fingerprint density at radius 3 is 2.67 bits per heavy atom. The van der Waals surface area contributed by atoms with E-state index in [1.807, 2.05) is 32.0 Å². The molecule has 1 aromatic carbocycles. The van der Waals surface area contributed by atoms with Crippen molar-refractivity contribution in [2.75, 3.05) is 13.7 Å². The Morgan fingerprint density at radius 1 is 1.21 bits per heavy atom. The van der Waals surface area contributed by atoms with E-state index >= 15 is 0 Å². The summed E-state index contributed by atoms with van der Waals surface area (Å²) >= 11 is 0.